The molecule has 3 aromatic rings. The molecule has 1 saturated heterocycles. The first-order valence-corrected chi connectivity index (χ1v) is 10.4. The van der Waals surface area contributed by atoms with Gasteiger partial charge in [0.2, 0.25) is 0 Å². The summed E-state index contributed by atoms with van der Waals surface area (Å²) >= 11 is 0. The number of furan rings is 1. The Morgan fingerprint density at radius 2 is 1.65 bits per heavy atom. The highest BCUT2D eigenvalue weighted by molar-refractivity contribution is 5.79. The van der Waals surface area contributed by atoms with Crippen LogP contribution in [0.3, 0.4) is 0 Å². The lowest BCUT2D eigenvalue weighted by molar-refractivity contribution is -0.141. The van der Waals surface area contributed by atoms with Gasteiger partial charge in [0.05, 0.1) is 5.92 Å². The fraction of sp³-hybridized carbons (Fsp3) is 0.280. The minimum atomic E-state index is -0.937. The lowest BCUT2D eigenvalue weighted by Gasteiger charge is -2.19. The van der Waals surface area contributed by atoms with Crippen molar-refractivity contribution in [2.75, 3.05) is 19.7 Å². The average Bonchev–Trinajstić information content (AvgIpc) is 3.47. The molecule has 5 rings (SSSR count). The zero-order valence-electron chi connectivity index (χ0n) is 17.2. The molecule has 1 aliphatic carbocycles. The number of likely N-dealkylation sites (tertiary alicyclic amines) is 1. The van der Waals surface area contributed by atoms with E-state index in [0.717, 1.165) is 16.9 Å². The Kier molecular flexibility index (Phi) is 4.77. The van der Waals surface area contributed by atoms with Crippen molar-refractivity contribution >= 4 is 12.1 Å². The second-order valence-corrected chi connectivity index (χ2v) is 8.21. The van der Waals surface area contributed by atoms with E-state index in [1.807, 2.05) is 37.3 Å². The van der Waals surface area contributed by atoms with E-state index >= 15 is 0 Å². The van der Waals surface area contributed by atoms with Crippen molar-refractivity contribution in [3.8, 4) is 11.1 Å². The number of amides is 1. The van der Waals surface area contributed by atoms with Gasteiger partial charge in [0.15, 0.2) is 0 Å². The van der Waals surface area contributed by atoms with Crippen LogP contribution in [-0.4, -0.2) is 41.8 Å². The van der Waals surface area contributed by atoms with Gasteiger partial charge in [-0.3, -0.25) is 4.79 Å². The maximum atomic E-state index is 12.9. The fourth-order valence-electron chi connectivity index (χ4n) is 4.83. The van der Waals surface area contributed by atoms with Crippen LogP contribution in [0.15, 0.2) is 65.1 Å². The molecule has 6 nitrogen and oxygen atoms in total. The number of nitrogens with zero attached hydrogens (tertiary/aromatic N) is 1. The Morgan fingerprint density at radius 1 is 1.00 bits per heavy atom. The lowest BCUT2D eigenvalue weighted by Crippen LogP contribution is -2.31. The van der Waals surface area contributed by atoms with Crippen LogP contribution in [0.5, 0.6) is 0 Å². The van der Waals surface area contributed by atoms with Gasteiger partial charge in [-0.05, 0) is 41.3 Å². The number of hydrogen-bond donors (Lipinski definition) is 1. The molecule has 158 valence electrons. The zero-order valence-corrected chi connectivity index (χ0v) is 17.2. The SMILES string of the molecule is Cc1ccc(C2CN(C(=O)OCC3c4ccccc4-c4ccccc43)CC2C(=O)O)o1. The average molecular weight is 417 g/mol. The Morgan fingerprint density at radius 3 is 2.23 bits per heavy atom. The van der Waals surface area contributed by atoms with Gasteiger partial charge < -0.3 is 19.2 Å². The quantitative estimate of drug-likeness (QED) is 0.669. The monoisotopic (exact) mass is 417 g/mol. The molecule has 2 heterocycles. The summed E-state index contributed by atoms with van der Waals surface area (Å²) in [7, 11) is 0. The van der Waals surface area contributed by atoms with Crippen molar-refractivity contribution < 1.29 is 23.8 Å². The first-order valence-electron chi connectivity index (χ1n) is 10.4. The van der Waals surface area contributed by atoms with Crippen molar-refractivity contribution in [2.45, 2.75) is 18.8 Å². The molecule has 0 saturated carbocycles. The highest BCUT2D eigenvalue weighted by Crippen LogP contribution is 2.44. The predicted molar refractivity (Wildman–Crippen MR) is 114 cm³/mol. The van der Waals surface area contributed by atoms with Crippen LogP contribution >= 0.6 is 0 Å². The fourth-order valence-corrected chi connectivity index (χ4v) is 4.83. The molecule has 1 amide bonds. The summed E-state index contributed by atoms with van der Waals surface area (Å²) in [6, 6.07) is 19.9. The number of benzene rings is 2. The molecule has 0 spiro atoms. The van der Waals surface area contributed by atoms with E-state index in [-0.39, 0.29) is 31.5 Å². The summed E-state index contributed by atoms with van der Waals surface area (Å²) in [4.78, 5) is 26.1. The lowest BCUT2D eigenvalue weighted by atomic mass is 9.94. The van der Waals surface area contributed by atoms with Crippen LogP contribution in [0.2, 0.25) is 0 Å². The van der Waals surface area contributed by atoms with Gasteiger partial charge in [-0.1, -0.05) is 48.5 Å². The van der Waals surface area contributed by atoms with Crippen molar-refractivity contribution in [1.29, 1.82) is 0 Å². The van der Waals surface area contributed by atoms with E-state index in [4.69, 9.17) is 9.15 Å². The van der Waals surface area contributed by atoms with E-state index in [1.54, 1.807) is 6.07 Å². The van der Waals surface area contributed by atoms with Crippen LogP contribution in [0.1, 0.15) is 34.5 Å². The van der Waals surface area contributed by atoms with Gasteiger partial charge in [0, 0.05) is 24.9 Å². The number of carboxylic acids is 1. The molecule has 1 fully saturated rings. The minimum Gasteiger partial charge on any atom is -0.481 e. The topological polar surface area (TPSA) is 80.0 Å². The third-order valence-corrected chi connectivity index (χ3v) is 6.36. The minimum absolute atomic E-state index is 0.0299. The molecule has 1 aliphatic heterocycles. The molecule has 0 radical (unpaired) electrons. The number of carbonyl (C=O) groups excluding carboxylic acids is 1. The first-order chi connectivity index (χ1) is 15.0. The van der Waals surface area contributed by atoms with Crippen LogP contribution in [-0.2, 0) is 9.53 Å². The van der Waals surface area contributed by atoms with E-state index in [1.165, 1.54) is 16.0 Å². The second-order valence-electron chi connectivity index (χ2n) is 8.21. The van der Waals surface area contributed by atoms with E-state index < -0.39 is 18.0 Å². The summed E-state index contributed by atoms with van der Waals surface area (Å²) < 4.78 is 11.4. The maximum absolute atomic E-state index is 12.9. The number of hydrogen-bond acceptors (Lipinski definition) is 4. The number of ether oxygens (including phenoxy) is 1. The van der Waals surface area contributed by atoms with Crippen molar-refractivity contribution in [3.05, 3.63) is 83.3 Å². The Bertz CT molecular complexity index is 1100. The molecule has 0 bridgehead atoms. The van der Waals surface area contributed by atoms with Crippen LogP contribution in [0.4, 0.5) is 4.79 Å². The van der Waals surface area contributed by atoms with Gasteiger partial charge in [-0.2, -0.15) is 0 Å². The molecule has 6 heteroatoms. The molecular formula is C25H23NO5. The summed E-state index contributed by atoms with van der Waals surface area (Å²) in [6.45, 7) is 2.40. The van der Waals surface area contributed by atoms with Gasteiger partial charge in [0.25, 0.3) is 0 Å². The van der Waals surface area contributed by atoms with Gasteiger partial charge in [-0.25, -0.2) is 4.79 Å². The van der Waals surface area contributed by atoms with Gasteiger partial charge in [-0.15, -0.1) is 0 Å². The largest absolute Gasteiger partial charge is 0.481 e. The van der Waals surface area contributed by atoms with Gasteiger partial charge >= 0.3 is 12.1 Å². The molecule has 1 N–H and O–H groups in total. The summed E-state index contributed by atoms with van der Waals surface area (Å²) in [5, 5.41) is 9.65. The highest BCUT2D eigenvalue weighted by Gasteiger charge is 2.43. The Labute approximate surface area is 180 Å². The van der Waals surface area contributed by atoms with Crippen LogP contribution < -0.4 is 0 Å². The predicted octanol–water partition coefficient (Wildman–Crippen LogP) is 4.64. The number of rotatable bonds is 4. The molecular weight excluding hydrogens is 394 g/mol. The molecule has 31 heavy (non-hydrogen) atoms. The smallest absolute Gasteiger partial charge is 0.409 e. The number of aliphatic carboxylic acids is 1. The van der Waals surface area contributed by atoms with Crippen molar-refractivity contribution in [3.63, 3.8) is 0 Å². The Hall–Kier alpha value is -3.54. The third kappa shape index (κ3) is 3.38. The number of fused-ring (bicyclic) bond motifs is 3. The summed E-state index contributed by atoms with van der Waals surface area (Å²) in [6.07, 6.45) is -0.487. The third-order valence-electron chi connectivity index (χ3n) is 6.36. The molecule has 2 atom stereocenters. The molecule has 2 aromatic carbocycles. The van der Waals surface area contributed by atoms with Crippen molar-refractivity contribution in [1.82, 2.24) is 4.90 Å². The molecule has 2 aliphatic rings. The van der Waals surface area contributed by atoms with Crippen molar-refractivity contribution in [2.24, 2.45) is 5.92 Å². The van der Waals surface area contributed by atoms with Crippen LogP contribution in [0, 0.1) is 12.8 Å². The number of aryl methyl sites for hydroxylation is 1. The first kappa shape index (κ1) is 19.4. The zero-order chi connectivity index (χ0) is 21.5. The van der Waals surface area contributed by atoms with Crippen LogP contribution in [0.25, 0.3) is 11.1 Å². The van der Waals surface area contributed by atoms with E-state index in [0.29, 0.717) is 5.76 Å². The molecule has 1 aromatic heterocycles. The highest BCUT2D eigenvalue weighted by atomic mass is 16.6. The standard InChI is InChI=1S/C25H23NO5/c1-15-10-11-23(31-15)20-12-26(13-21(20)24(27)28)25(29)30-14-22-18-8-4-2-6-16(18)17-7-3-5-9-19(17)22/h2-11,20-22H,12-14H2,1H3,(H,27,28). The Balaban J connectivity index is 1.32. The maximum Gasteiger partial charge on any atom is 0.409 e. The van der Waals surface area contributed by atoms with E-state index in [9.17, 15) is 14.7 Å². The number of carboxylic acid groups (broad SMARTS) is 1. The molecule has 2 unspecified atom stereocenters. The number of carbonyl (C=O) groups is 2. The second kappa shape index (κ2) is 7.61. The summed E-state index contributed by atoms with van der Waals surface area (Å²) in [5.41, 5.74) is 4.62. The van der Waals surface area contributed by atoms with E-state index in [2.05, 4.69) is 24.3 Å². The van der Waals surface area contributed by atoms with Gasteiger partial charge in [0.1, 0.15) is 18.1 Å². The normalized spacial score (nSPS) is 19.8. The summed E-state index contributed by atoms with van der Waals surface area (Å²) in [5.74, 6) is -0.749.